The van der Waals surface area contributed by atoms with E-state index >= 15 is 0 Å². The number of rotatable bonds is 14. The van der Waals surface area contributed by atoms with Crippen molar-refractivity contribution in [1.29, 1.82) is 0 Å². The Hall–Kier alpha value is -0.570. The molecule has 168 valence electrons. The highest BCUT2D eigenvalue weighted by Gasteiger charge is 2.72. The molecule has 0 bridgehead atoms. The van der Waals surface area contributed by atoms with Crippen LogP contribution < -0.4 is 0 Å². The van der Waals surface area contributed by atoms with E-state index < -0.39 is 24.4 Å². The summed E-state index contributed by atoms with van der Waals surface area (Å²) >= 11 is 0. The molecule has 0 aromatic heterocycles. The van der Waals surface area contributed by atoms with Crippen LogP contribution in [-0.4, -0.2) is 43.9 Å². The zero-order valence-corrected chi connectivity index (χ0v) is 16.1. The van der Waals surface area contributed by atoms with Crippen LogP contribution in [0.2, 0.25) is 0 Å². The standard InChI is InChI=1S/C19H31F7O2/c20-17(21,18(22,23)19(24,25)26)12-7-4-2-1-3-5-8-13-27-15-11-16-10-6-9-14-28-16/h16H,1-15H2. The highest BCUT2D eigenvalue weighted by Crippen LogP contribution is 2.48. The van der Waals surface area contributed by atoms with Crippen molar-refractivity contribution >= 4 is 0 Å². The van der Waals surface area contributed by atoms with Gasteiger partial charge in [0.1, 0.15) is 0 Å². The van der Waals surface area contributed by atoms with Gasteiger partial charge in [0, 0.05) is 26.2 Å². The predicted molar refractivity (Wildman–Crippen MR) is 91.9 cm³/mol. The van der Waals surface area contributed by atoms with Crippen molar-refractivity contribution in [1.82, 2.24) is 0 Å². The van der Waals surface area contributed by atoms with Gasteiger partial charge in [0.05, 0.1) is 6.10 Å². The average Bonchev–Trinajstić information content (AvgIpc) is 2.62. The second-order valence-electron chi connectivity index (χ2n) is 7.39. The molecule has 28 heavy (non-hydrogen) atoms. The molecule has 1 atom stereocenters. The van der Waals surface area contributed by atoms with Crippen LogP contribution in [0.15, 0.2) is 0 Å². The monoisotopic (exact) mass is 424 g/mol. The lowest BCUT2D eigenvalue weighted by atomic mass is 10.0. The molecule has 0 spiro atoms. The fourth-order valence-corrected chi connectivity index (χ4v) is 3.15. The zero-order valence-electron chi connectivity index (χ0n) is 16.1. The van der Waals surface area contributed by atoms with E-state index in [9.17, 15) is 30.7 Å². The van der Waals surface area contributed by atoms with Crippen LogP contribution in [0.3, 0.4) is 0 Å². The third-order valence-corrected chi connectivity index (χ3v) is 4.95. The van der Waals surface area contributed by atoms with Crippen molar-refractivity contribution < 1.29 is 40.2 Å². The minimum Gasteiger partial charge on any atom is -0.381 e. The molecule has 1 aliphatic heterocycles. The fourth-order valence-electron chi connectivity index (χ4n) is 3.15. The van der Waals surface area contributed by atoms with Gasteiger partial charge < -0.3 is 9.47 Å². The molecule has 0 aromatic rings. The van der Waals surface area contributed by atoms with E-state index in [1.165, 1.54) is 6.42 Å². The van der Waals surface area contributed by atoms with Gasteiger partial charge in [-0.25, -0.2) is 0 Å². The van der Waals surface area contributed by atoms with E-state index in [2.05, 4.69) is 0 Å². The van der Waals surface area contributed by atoms with E-state index in [0.717, 1.165) is 51.6 Å². The van der Waals surface area contributed by atoms with Gasteiger partial charge in [-0.05, 0) is 38.5 Å². The van der Waals surface area contributed by atoms with Crippen LogP contribution in [0.25, 0.3) is 0 Å². The first-order valence-corrected chi connectivity index (χ1v) is 10.1. The molecule has 1 heterocycles. The summed E-state index contributed by atoms with van der Waals surface area (Å²) in [6.45, 7) is 2.14. The Kier molecular flexibility index (Phi) is 11.1. The Morgan fingerprint density at radius 3 is 1.93 bits per heavy atom. The summed E-state index contributed by atoms with van der Waals surface area (Å²) in [4.78, 5) is 0. The van der Waals surface area contributed by atoms with Crippen molar-refractivity contribution in [2.24, 2.45) is 0 Å². The Bertz CT molecular complexity index is 408. The van der Waals surface area contributed by atoms with E-state index in [-0.39, 0.29) is 12.8 Å². The van der Waals surface area contributed by atoms with Gasteiger partial charge in [-0.15, -0.1) is 0 Å². The van der Waals surface area contributed by atoms with E-state index in [1.54, 1.807) is 0 Å². The molecule has 1 rings (SSSR count). The first-order valence-electron chi connectivity index (χ1n) is 10.1. The van der Waals surface area contributed by atoms with Crippen molar-refractivity contribution in [3.63, 3.8) is 0 Å². The molecule has 0 aromatic carbocycles. The zero-order chi connectivity index (χ0) is 21.1. The summed E-state index contributed by atoms with van der Waals surface area (Å²) in [5.41, 5.74) is 0. The number of alkyl halides is 7. The highest BCUT2D eigenvalue weighted by atomic mass is 19.4. The summed E-state index contributed by atoms with van der Waals surface area (Å²) < 4.78 is 98.8. The van der Waals surface area contributed by atoms with Crippen LogP contribution in [0.1, 0.15) is 77.0 Å². The molecule has 0 saturated carbocycles. The van der Waals surface area contributed by atoms with Gasteiger partial charge in [-0.2, -0.15) is 30.7 Å². The third-order valence-electron chi connectivity index (χ3n) is 4.95. The largest absolute Gasteiger partial charge is 0.459 e. The third kappa shape index (κ3) is 8.84. The molecule has 1 aliphatic rings. The quantitative estimate of drug-likeness (QED) is 0.223. The second-order valence-corrected chi connectivity index (χ2v) is 7.39. The molecule has 1 saturated heterocycles. The normalized spacial score (nSPS) is 19.2. The Morgan fingerprint density at radius 1 is 0.750 bits per heavy atom. The SMILES string of the molecule is FC(F)(F)C(F)(F)C(F)(F)CCCCCCCCCOCCC1CCCCO1. The smallest absolute Gasteiger partial charge is 0.381 e. The summed E-state index contributed by atoms with van der Waals surface area (Å²) in [7, 11) is 0. The minimum absolute atomic E-state index is 0.210. The molecule has 1 unspecified atom stereocenters. The van der Waals surface area contributed by atoms with Crippen molar-refractivity contribution in [2.45, 2.75) is 101 Å². The topological polar surface area (TPSA) is 18.5 Å². The number of halogens is 7. The maximum atomic E-state index is 13.1. The maximum Gasteiger partial charge on any atom is 0.459 e. The summed E-state index contributed by atoms with van der Waals surface area (Å²) in [5, 5.41) is 0. The second kappa shape index (κ2) is 12.2. The molecule has 0 N–H and O–H groups in total. The molecule has 0 radical (unpaired) electrons. The average molecular weight is 424 g/mol. The lowest BCUT2D eigenvalue weighted by molar-refractivity contribution is -0.355. The first-order chi connectivity index (χ1) is 13.1. The Labute approximate surface area is 162 Å². The van der Waals surface area contributed by atoms with Crippen LogP contribution in [0, 0.1) is 0 Å². The number of ether oxygens (including phenoxy) is 2. The summed E-state index contributed by atoms with van der Waals surface area (Å²) in [6, 6.07) is 0. The molecule has 0 aliphatic carbocycles. The van der Waals surface area contributed by atoms with Gasteiger partial charge in [-0.1, -0.05) is 32.1 Å². The summed E-state index contributed by atoms with van der Waals surface area (Å²) in [6.07, 6.45) is 0.677. The van der Waals surface area contributed by atoms with Gasteiger partial charge in [0.25, 0.3) is 0 Å². The molecular formula is C19H31F7O2. The minimum atomic E-state index is -6.23. The van der Waals surface area contributed by atoms with Gasteiger partial charge in [-0.3, -0.25) is 0 Å². The lowest BCUT2D eigenvalue weighted by Gasteiger charge is -2.28. The molecule has 2 nitrogen and oxygen atoms in total. The van der Waals surface area contributed by atoms with Crippen molar-refractivity contribution in [3.8, 4) is 0 Å². The van der Waals surface area contributed by atoms with Gasteiger partial charge in [0.15, 0.2) is 0 Å². The molecule has 9 heteroatoms. The van der Waals surface area contributed by atoms with Crippen molar-refractivity contribution in [2.75, 3.05) is 19.8 Å². The van der Waals surface area contributed by atoms with E-state index in [4.69, 9.17) is 9.47 Å². The van der Waals surface area contributed by atoms with Crippen LogP contribution in [-0.2, 0) is 9.47 Å². The Balaban J connectivity index is 1.93. The molecule has 0 amide bonds. The van der Waals surface area contributed by atoms with Gasteiger partial charge >= 0.3 is 18.0 Å². The maximum absolute atomic E-state index is 13.1. The van der Waals surface area contributed by atoms with Gasteiger partial charge in [0.2, 0.25) is 0 Å². The van der Waals surface area contributed by atoms with E-state index in [0.29, 0.717) is 25.7 Å². The highest BCUT2D eigenvalue weighted by molar-refractivity contribution is 4.90. The fraction of sp³-hybridized carbons (Fsp3) is 1.00. The lowest BCUT2D eigenvalue weighted by Crippen LogP contribution is -2.51. The number of unbranched alkanes of at least 4 members (excludes halogenated alkanes) is 6. The van der Waals surface area contributed by atoms with E-state index in [1.807, 2.05) is 0 Å². The molecule has 1 fully saturated rings. The number of hydrogen-bond donors (Lipinski definition) is 0. The molecular weight excluding hydrogens is 393 g/mol. The predicted octanol–water partition coefficient (Wildman–Crippen LogP) is 6.92. The van der Waals surface area contributed by atoms with Crippen LogP contribution in [0.5, 0.6) is 0 Å². The van der Waals surface area contributed by atoms with Crippen LogP contribution in [0.4, 0.5) is 30.7 Å². The van der Waals surface area contributed by atoms with Crippen molar-refractivity contribution in [3.05, 3.63) is 0 Å². The van der Waals surface area contributed by atoms with Crippen LogP contribution >= 0.6 is 0 Å². The Morgan fingerprint density at radius 2 is 1.36 bits per heavy atom. The first kappa shape index (κ1) is 25.5. The summed E-state index contributed by atoms with van der Waals surface area (Å²) in [5.74, 6) is -11.0. The number of hydrogen-bond acceptors (Lipinski definition) is 2.